The summed E-state index contributed by atoms with van der Waals surface area (Å²) in [6.07, 6.45) is 1.29. The largest absolute Gasteiger partial charge is 0.460 e. The van der Waals surface area contributed by atoms with Crippen molar-refractivity contribution in [3.05, 3.63) is 12.7 Å². The van der Waals surface area contributed by atoms with Crippen molar-refractivity contribution in [3.63, 3.8) is 0 Å². The predicted molar refractivity (Wildman–Crippen MR) is 125 cm³/mol. The van der Waals surface area contributed by atoms with Gasteiger partial charge in [0.2, 0.25) is 3.79 Å². The van der Waals surface area contributed by atoms with Gasteiger partial charge in [0.15, 0.2) is 6.10 Å². The molecule has 0 aromatic heterocycles. The summed E-state index contributed by atoms with van der Waals surface area (Å²) in [5, 5.41) is 3.82. The van der Waals surface area contributed by atoms with E-state index in [0.29, 0.717) is 19.4 Å². The quantitative estimate of drug-likeness (QED) is 0.269. The van der Waals surface area contributed by atoms with Crippen LogP contribution in [-0.2, 0) is 28.7 Å². The number of carbonyl (C=O) groups is 4. The van der Waals surface area contributed by atoms with E-state index in [1.54, 1.807) is 27.7 Å². The Hall–Kier alpha value is -1.55. The summed E-state index contributed by atoms with van der Waals surface area (Å²) >= 11 is 16.8. The van der Waals surface area contributed by atoms with E-state index in [9.17, 15) is 19.2 Å². The van der Waals surface area contributed by atoms with Crippen LogP contribution in [-0.4, -0.2) is 63.9 Å². The van der Waals surface area contributed by atoms with Crippen molar-refractivity contribution in [2.45, 2.75) is 69.4 Å². The SMILES string of the molecule is C=CC(C)(C)C(=O)OC(C(=O)NC(C)C(=O)N1CCCC(C(=O)OCC(Cl)(Cl)Cl)N1)C(C)C. The van der Waals surface area contributed by atoms with Gasteiger partial charge in [0, 0.05) is 6.54 Å². The molecule has 188 valence electrons. The van der Waals surface area contributed by atoms with Gasteiger partial charge >= 0.3 is 11.9 Å². The van der Waals surface area contributed by atoms with E-state index in [0.717, 1.165) is 0 Å². The molecule has 1 aliphatic heterocycles. The number of hydrogen-bond acceptors (Lipinski definition) is 7. The fourth-order valence-corrected chi connectivity index (χ4v) is 2.97. The van der Waals surface area contributed by atoms with Crippen molar-refractivity contribution in [1.29, 1.82) is 0 Å². The Morgan fingerprint density at radius 2 is 1.82 bits per heavy atom. The lowest BCUT2D eigenvalue weighted by molar-refractivity contribution is -0.165. The van der Waals surface area contributed by atoms with Gasteiger partial charge in [0.1, 0.15) is 18.7 Å². The molecule has 0 radical (unpaired) electrons. The first-order valence-electron chi connectivity index (χ1n) is 10.5. The second-order valence-corrected chi connectivity index (χ2v) is 11.3. The maximum absolute atomic E-state index is 12.9. The summed E-state index contributed by atoms with van der Waals surface area (Å²) in [5.74, 6) is -2.66. The van der Waals surface area contributed by atoms with Crippen LogP contribution in [0.5, 0.6) is 0 Å². The lowest BCUT2D eigenvalue weighted by Crippen LogP contribution is -2.60. The van der Waals surface area contributed by atoms with Gasteiger partial charge in [-0.3, -0.25) is 24.2 Å². The highest BCUT2D eigenvalue weighted by Gasteiger charge is 2.36. The number of amides is 2. The highest BCUT2D eigenvalue weighted by Crippen LogP contribution is 2.26. The Morgan fingerprint density at radius 1 is 1.21 bits per heavy atom. The zero-order chi connectivity index (χ0) is 25.6. The van der Waals surface area contributed by atoms with Crippen LogP contribution in [0.2, 0.25) is 0 Å². The molecule has 2 N–H and O–H groups in total. The van der Waals surface area contributed by atoms with Crippen LogP contribution in [0.3, 0.4) is 0 Å². The summed E-state index contributed by atoms with van der Waals surface area (Å²) < 4.78 is 8.63. The molecule has 0 spiro atoms. The Labute approximate surface area is 209 Å². The van der Waals surface area contributed by atoms with E-state index in [1.807, 2.05) is 0 Å². The van der Waals surface area contributed by atoms with Crippen LogP contribution in [0.4, 0.5) is 0 Å². The third kappa shape index (κ3) is 9.31. The molecule has 1 heterocycles. The van der Waals surface area contributed by atoms with Gasteiger partial charge in [-0.1, -0.05) is 54.7 Å². The Morgan fingerprint density at radius 3 is 2.33 bits per heavy atom. The second kappa shape index (κ2) is 12.2. The van der Waals surface area contributed by atoms with Crippen molar-refractivity contribution in [3.8, 4) is 0 Å². The minimum Gasteiger partial charge on any atom is -0.460 e. The number of ether oxygens (including phenoxy) is 2. The molecule has 3 unspecified atom stereocenters. The molecule has 2 amide bonds. The molecule has 9 nitrogen and oxygen atoms in total. The molecule has 0 saturated carbocycles. The van der Waals surface area contributed by atoms with E-state index in [2.05, 4.69) is 17.3 Å². The van der Waals surface area contributed by atoms with Gasteiger partial charge in [0.05, 0.1) is 5.41 Å². The Balaban J connectivity index is 2.74. The standard InChI is InChI=1S/C21H32Cl3N3O6/c1-7-20(5,6)19(31)33-15(12(2)3)16(28)25-13(4)17(29)27-10-8-9-14(26-27)18(30)32-11-21(22,23)24/h7,12-15,26H,1,8-11H2,2-6H3,(H,25,28). The summed E-state index contributed by atoms with van der Waals surface area (Å²) in [4.78, 5) is 50.2. The van der Waals surface area contributed by atoms with Crippen LogP contribution in [0, 0.1) is 11.3 Å². The first-order valence-corrected chi connectivity index (χ1v) is 11.7. The van der Waals surface area contributed by atoms with Gasteiger partial charge in [-0.05, 0) is 39.5 Å². The third-order valence-electron chi connectivity index (χ3n) is 4.98. The van der Waals surface area contributed by atoms with Crippen LogP contribution >= 0.6 is 34.8 Å². The molecule has 33 heavy (non-hydrogen) atoms. The molecule has 1 saturated heterocycles. The average Bonchev–Trinajstić information content (AvgIpc) is 2.73. The fourth-order valence-electron chi connectivity index (χ4n) is 2.80. The van der Waals surface area contributed by atoms with Crippen molar-refractivity contribution in [1.82, 2.24) is 15.8 Å². The normalized spacial score (nSPS) is 18.8. The van der Waals surface area contributed by atoms with E-state index < -0.39 is 57.8 Å². The highest BCUT2D eigenvalue weighted by atomic mass is 35.6. The third-order valence-corrected chi connectivity index (χ3v) is 5.31. The number of esters is 2. The summed E-state index contributed by atoms with van der Waals surface area (Å²) in [5.41, 5.74) is 1.82. The lowest BCUT2D eigenvalue weighted by Gasteiger charge is -2.34. The summed E-state index contributed by atoms with van der Waals surface area (Å²) in [7, 11) is 0. The van der Waals surface area contributed by atoms with Crippen molar-refractivity contribution in [2.75, 3.05) is 13.2 Å². The molecular formula is C21H32Cl3N3O6. The van der Waals surface area contributed by atoms with Gasteiger partial charge in [0.25, 0.3) is 11.8 Å². The maximum atomic E-state index is 12.9. The fraction of sp³-hybridized carbons (Fsp3) is 0.714. The topological polar surface area (TPSA) is 114 Å². The first kappa shape index (κ1) is 29.5. The molecule has 0 bridgehead atoms. The van der Waals surface area contributed by atoms with E-state index in [-0.39, 0.29) is 5.92 Å². The molecule has 1 rings (SSSR count). The zero-order valence-corrected chi connectivity index (χ0v) is 21.7. The zero-order valence-electron chi connectivity index (χ0n) is 19.5. The van der Waals surface area contributed by atoms with Gasteiger partial charge in [-0.15, -0.1) is 6.58 Å². The number of nitrogens with zero attached hydrogens (tertiary/aromatic N) is 1. The average molecular weight is 529 g/mol. The molecule has 12 heteroatoms. The minimum absolute atomic E-state index is 0.323. The van der Waals surface area contributed by atoms with Gasteiger partial charge in [-0.2, -0.15) is 0 Å². The lowest BCUT2D eigenvalue weighted by atomic mass is 9.94. The Bertz CT molecular complexity index is 754. The van der Waals surface area contributed by atoms with Crippen LogP contribution < -0.4 is 10.7 Å². The van der Waals surface area contributed by atoms with Crippen molar-refractivity contribution < 1.29 is 28.7 Å². The Kier molecular flexibility index (Phi) is 10.9. The monoisotopic (exact) mass is 527 g/mol. The van der Waals surface area contributed by atoms with E-state index >= 15 is 0 Å². The number of nitrogens with one attached hydrogen (secondary N) is 2. The van der Waals surface area contributed by atoms with Crippen LogP contribution in [0.25, 0.3) is 0 Å². The molecule has 0 aromatic carbocycles. The number of halogens is 3. The van der Waals surface area contributed by atoms with Crippen molar-refractivity contribution >= 4 is 58.6 Å². The van der Waals surface area contributed by atoms with Gasteiger partial charge < -0.3 is 14.8 Å². The van der Waals surface area contributed by atoms with Crippen LogP contribution in [0.15, 0.2) is 12.7 Å². The minimum atomic E-state index is -1.74. The number of hydrazine groups is 1. The predicted octanol–water partition coefficient (Wildman–Crippen LogP) is 2.68. The van der Waals surface area contributed by atoms with Crippen molar-refractivity contribution in [2.24, 2.45) is 11.3 Å². The van der Waals surface area contributed by atoms with E-state index in [4.69, 9.17) is 44.3 Å². The number of rotatable bonds is 9. The molecule has 1 aliphatic rings. The first-order chi connectivity index (χ1) is 15.1. The second-order valence-electron chi connectivity index (χ2n) is 8.76. The number of alkyl halides is 3. The number of hydrogen-bond donors (Lipinski definition) is 2. The number of carbonyl (C=O) groups excluding carboxylic acids is 4. The molecule has 3 atom stereocenters. The maximum Gasteiger partial charge on any atom is 0.325 e. The molecule has 1 fully saturated rings. The smallest absolute Gasteiger partial charge is 0.325 e. The molecule has 0 aromatic rings. The van der Waals surface area contributed by atoms with Crippen LogP contribution in [0.1, 0.15) is 47.5 Å². The van der Waals surface area contributed by atoms with E-state index in [1.165, 1.54) is 18.0 Å². The molecular weight excluding hydrogens is 497 g/mol. The highest BCUT2D eigenvalue weighted by molar-refractivity contribution is 6.67. The summed E-state index contributed by atoms with van der Waals surface area (Å²) in [6.45, 7) is 11.7. The summed E-state index contributed by atoms with van der Waals surface area (Å²) in [6, 6.07) is -1.75. The molecule has 0 aliphatic carbocycles. The van der Waals surface area contributed by atoms with Gasteiger partial charge in [-0.25, -0.2) is 5.43 Å².